The van der Waals surface area contributed by atoms with Gasteiger partial charge in [-0.3, -0.25) is 19.4 Å². The Bertz CT molecular complexity index is 1020. The summed E-state index contributed by atoms with van der Waals surface area (Å²) in [5.41, 5.74) is 2.58. The molecule has 2 aromatic carbocycles. The van der Waals surface area contributed by atoms with E-state index in [0.29, 0.717) is 30.3 Å². The number of aryl methyl sites for hydroxylation is 1. The number of anilines is 1. The zero-order valence-electron chi connectivity index (χ0n) is 17.8. The Morgan fingerprint density at radius 2 is 1.81 bits per heavy atom. The predicted octanol–water partition coefficient (Wildman–Crippen LogP) is 2.93. The lowest BCUT2D eigenvalue weighted by molar-refractivity contribution is -0.137. The third kappa shape index (κ3) is 3.93. The van der Waals surface area contributed by atoms with Crippen LogP contribution in [0.2, 0.25) is 0 Å². The zero-order chi connectivity index (χ0) is 22.1. The Morgan fingerprint density at radius 3 is 2.52 bits per heavy atom. The Labute approximate surface area is 180 Å². The summed E-state index contributed by atoms with van der Waals surface area (Å²) in [4.78, 5) is 42.8. The van der Waals surface area contributed by atoms with Crippen molar-refractivity contribution >= 4 is 23.5 Å². The second-order valence-corrected chi connectivity index (χ2v) is 7.68. The molecular formula is C23H25N3O5. The number of carbonyl (C=O) groups excluding carboxylic acids is 3. The molecule has 2 aromatic rings. The van der Waals surface area contributed by atoms with Crippen LogP contribution in [-0.2, 0) is 16.1 Å². The number of amides is 4. The molecule has 4 amide bonds. The largest absolute Gasteiger partial charge is 0.454 e. The fourth-order valence-electron chi connectivity index (χ4n) is 3.78. The molecular weight excluding hydrogens is 398 g/mol. The number of ether oxygens (including phenoxy) is 2. The fourth-order valence-corrected chi connectivity index (χ4v) is 3.78. The van der Waals surface area contributed by atoms with E-state index in [9.17, 15) is 14.4 Å². The van der Waals surface area contributed by atoms with Crippen LogP contribution in [0.5, 0.6) is 11.5 Å². The van der Waals surface area contributed by atoms with Gasteiger partial charge in [-0.2, -0.15) is 0 Å². The first-order valence-electron chi connectivity index (χ1n) is 10.3. The third-order valence-electron chi connectivity index (χ3n) is 5.60. The van der Waals surface area contributed by atoms with Gasteiger partial charge in [0, 0.05) is 18.8 Å². The van der Waals surface area contributed by atoms with Crippen molar-refractivity contribution in [3.63, 3.8) is 0 Å². The molecule has 162 valence electrons. The highest BCUT2D eigenvalue weighted by Gasteiger charge is 2.44. The molecule has 8 nitrogen and oxygen atoms in total. The van der Waals surface area contributed by atoms with Crippen LogP contribution in [0.25, 0.3) is 0 Å². The molecule has 1 fully saturated rings. The maximum absolute atomic E-state index is 13.0. The van der Waals surface area contributed by atoms with Gasteiger partial charge in [0.05, 0.1) is 0 Å². The molecule has 0 radical (unpaired) electrons. The number of likely N-dealkylation sites (N-methyl/N-ethyl adjacent to an activating group) is 1. The molecule has 0 saturated carbocycles. The van der Waals surface area contributed by atoms with Gasteiger partial charge in [0.1, 0.15) is 12.6 Å². The van der Waals surface area contributed by atoms with Crippen LogP contribution in [0.15, 0.2) is 42.5 Å². The van der Waals surface area contributed by atoms with E-state index in [1.165, 1.54) is 4.90 Å². The summed E-state index contributed by atoms with van der Waals surface area (Å²) in [5.74, 6) is 0.655. The fraction of sp³-hybridized carbons (Fsp3) is 0.348. The van der Waals surface area contributed by atoms with Gasteiger partial charge in [0.15, 0.2) is 11.5 Å². The molecule has 2 aliphatic rings. The smallest absolute Gasteiger partial charge is 0.332 e. The lowest BCUT2D eigenvalue weighted by Crippen LogP contribution is -2.43. The summed E-state index contributed by atoms with van der Waals surface area (Å²) >= 11 is 0. The van der Waals surface area contributed by atoms with E-state index in [4.69, 9.17) is 9.47 Å². The number of hydrogen-bond acceptors (Lipinski definition) is 5. The minimum absolute atomic E-state index is 0.185. The lowest BCUT2D eigenvalue weighted by atomic mass is 10.2. The van der Waals surface area contributed by atoms with E-state index in [0.717, 1.165) is 16.0 Å². The number of rotatable bonds is 6. The van der Waals surface area contributed by atoms with Crippen LogP contribution < -0.4 is 14.4 Å². The van der Waals surface area contributed by atoms with Gasteiger partial charge in [-0.05, 0) is 50.6 Å². The minimum atomic E-state index is -0.660. The molecule has 0 N–H and O–H groups in total. The SMILES string of the molecule is CCN(Cc1ccc2c(c1)OCO2)C(=O)CN1C(=O)[C@H](C)N(c2ccc(C)cc2)C1=O. The molecule has 0 aromatic heterocycles. The van der Waals surface area contributed by atoms with Gasteiger partial charge < -0.3 is 14.4 Å². The third-order valence-corrected chi connectivity index (χ3v) is 5.60. The number of fused-ring (bicyclic) bond motifs is 1. The number of imide groups is 1. The topological polar surface area (TPSA) is 79.4 Å². The van der Waals surface area contributed by atoms with Crippen LogP contribution in [0.3, 0.4) is 0 Å². The Morgan fingerprint density at radius 1 is 1.10 bits per heavy atom. The standard InChI is InChI=1S/C23H25N3O5/c1-4-24(12-17-7-10-19-20(11-17)31-14-30-19)21(27)13-25-22(28)16(3)26(23(25)29)18-8-5-15(2)6-9-18/h5-11,16H,4,12-14H2,1-3H3/t16-/m0/s1. The van der Waals surface area contributed by atoms with Crippen molar-refractivity contribution in [2.24, 2.45) is 0 Å². The van der Waals surface area contributed by atoms with E-state index in [1.54, 1.807) is 24.0 Å². The molecule has 1 atom stereocenters. The van der Waals surface area contributed by atoms with Gasteiger partial charge in [-0.1, -0.05) is 23.8 Å². The molecule has 0 aliphatic carbocycles. The minimum Gasteiger partial charge on any atom is -0.454 e. The van der Waals surface area contributed by atoms with Crippen molar-refractivity contribution in [2.45, 2.75) is 33.4 Å². The molecule has 2 aliphatic heterocycles. The highest BCUT2D eigenvalue weighted by atomic mass is 16.7. The average Bonchev–Trinajstić information content (AvgIpc) is 3.31. The van der Waals surface area contributed by atoms with Crippen molar-refractivity contribution in [3.8, 4) is 11.5 Å². The average molecular weight is 423 g/mol. The quantitative estimate of drug-likeness (QED) is 0.668. The predicted molar refractivity (Wildman–Crippen MR) is 114 cm³/mol. The van der Waals surface area contributed by atoms with Crippen LogP contribution in [0.4, 0.5) is 10.5 Å². The normalized spacial score (nSPS) is 17.5. The zero-order valence-corrected chi connectivity index (χ0v) is 17.8. The maximum Gasteiger partial charge on any atom is 0.332 e. The van der Waals surface area contributed by atoms with E-state index in [2.05, 4.69) is 0 Å². The van der Waals surface area contributed by atoms with Crippen molar-refractivity contribution in [1.82, 2.24) is 9.80 Å². The van der Waals surface area contributed by atoms with Gasteiger partial charge in [0.25, 0.3) is 5.91 Å². The maximum atomic E-state index is 13.0. The number of nitrogens with zero attached hydrogens (tertiary/aromatic N) is 3. The molecule has 1 saturated heterocycles. The van der Waals surface area contributed by atoms with Gasteiger partial charge in [0.2, 0.25) is 12.7 Å². The second-order valence-electron chi connectivity index (χ2n) is 7.68. The van der Waals surface area contributed by atoms with E-state index in [-0.39, 0.29) is 25.2 Å². The van der Waals surface area contributed by atoms with Crippen molar-refractivity contribution in [2.75, 3.05) is 24.8 Å². The lowest BCUT2D eigenvalue weighted by Gasteiger charge is -2.24. The van der Waals surface area contributed by atoms with Gasteiger partial charge >= 0.3 is 6.03 Å². The number of carbonyl (C=O) groups is 3. The first-order chi connectivity index (χ1) is 14.9. The van der Waals surface area contributed by atoms with Crippen molar-refractivity contribution in [3.05, 3.63) is 53.6 Å². The summed E-state index contributed by atoms with van der Waals surface area (Å²) in [5, 5.41) is 0. The van der Waals surface area contributed by atoms with Crippen LogP contribution >= 0.6 is 0 Å². The number of urea groups is 1. The van der Waals surface area contributed by atoms with E-state index in [1.807, 2.05) is 44.2 Å². The summed E-state index contributed by atoms with van der Waals surface area (Å²) < 4.78 is 10.7. The second kappa shape index (κ2) is 8.29. The Hall–Kier alpha value is -3.55. The summed E-state index contributed by atoms with van der Waals surface area (Å²) in [6.07, 6.45) is 0. The molecule has 2 heterocycles. The number of hydrogen-bond donors (Lipinski definition) is 0. The summed E-state index contributed by atoms with van der Waals surface area (Å²) in [7, 11) is 0. The molecule has 8 heteroatoms. The van der Waals surface area contributed by atoms with Crippen molar-refractivity contribution in [1.29, 1.82) is 0 Å². The summed E-state index contributed by atoms with van der Waals surface area (Å²) in [6.45, 7) is 6.18. The van der Waals surface area contributed by atoms with E-state index < -0.39 is 12.1 Å². The first kappa shape index (κ1) is 20.7. The molecule has 0 unspecified atom stereocenters. The molecule has 4 rings (SSSR count). The molecule has 0 bridgehead atoms. The van der Waals surface area contributed by atoms with Gasteiger partial charge in [-0.25, -0.2) is 4.79 Å². The van der Waals surface area contributed by atoms with Crippen molar-refractivity contribution < 1.29 is 23.9 Å². The highest BCUT2D eigenvalue weighted by Crippen LogP contribution is 2.33. The highest BCUT2D eigenvalue weighted by molar-refractivity contribution is 6.15. The first-order valence-corrected chi connectivity index (χ1v) is 10.3. The Balaban J connectivity index is 1.46. The van der Waals surface area contributed by atoms with Crippen LogP contribution in [0.1, 0.15) is 25.0 Å². The van der Waals surface area contributed by atoms with Gasteiger partial charge in [-0.15, -0.1) is 0 Å². The van der Waals surface area contributed by atoms with Crippen LogP contribution in [-0.4, -0.2) is 53.6 Å². The monoisotopic (exact) mass is 423 g/mol. The summed E-state index contributed by atoms with van der Waals surface area (Å²) in [6, 6.07) is 11.8. The molecule has 0 spiro atoms. The number of benzene rings is 2. The molecule has 31 heavy (non-hydrogen) atoms. The van der Waals surface area contributed by atoms with Crippen LogP contribution in [0, 0.1) is 6.92 Å². The Kier molecular flexibility index (Phi) is 5.54. The van der Waals surface area contributed by atoms with E-state index >= 15 is 0 Å².